The van der Waals surface area contributed by atoms with Crippen molar-refractivity contribution in [1.29, 1.82) is 5.26 Å². The van der Waals surface area contributed by atoms with Crippen LogP contribution >= 0.6 is 0 Å². The lowest BCUT2D eigenvalue weighted by molar-refractivity contribution is 0.104. The topological polar surface area (TPSA) is 87.4 Å². The predicted molar refractivity (Wildman–Crippen MR) is 102 cm³/mol. The minimum atomic E-state index is -0.535. The van der Waals surface area contributed by atoms with E-state index in [-0.39, 0.29) is 11.3 Å². The smallest absolute Gasteiger partial charge is 0.205 e. The van der Waals surface area contributed by atoms with Crippen molar-refractivity contribution in [2.45, 2.75) is 6.92 Å². The summed E-state index contributed by atoms with van der Waals surface area (Å²) in [7, 11) is 0. The molecule has 0 saturated heterocycles. The molecule has 0 unspecified atom stereocenters. The number of benzene rings is 2. The van der Waals surface area contributed by atoms with Gasteiger partial charge in [-0.1, -0.05) is 18.2 Å². The molecular weight excluding hydrogens is 357 g/mol. The number of allylic oxidation sites excluding steroid dienone is 1. The Balaban J connectivity index is 1.72. The molecule has 0 amide bonds. The van der Waals surface area contributed by atoms with Crippen LogP contribution in [-0.4, -0.2) is 25.5 Å². The van der Waals surface area contributed by atoms with Gasteiger partial charge in [0.05, 0.1) is 0 Å². The van der Waals surface area contributed by atoms with E-state index in [1.807, 2.05) is 31.2 Å². The first-order valence-corrected chi connectivity index (χ1v) is 8.46. The summed E-state index contributed by atoms with van der Waals surface area (Å²) in [5, 5.41) is 14.2. The molecule has 0 bridgehead atoms. The van der Waals surface area contributed by atoms with E-state index in [4.69, 9.17) is 0 Å². The number of nitrogens with zero attached hydrogens (tertiary/aromatic N) is 4. The number of nitrogens with one attached hydrogen (secondary N) is 1. The fourth-order valence-corrected chi connectivity index (χ4v) is 3.14. The van der Waals surface area contributed by atoms with Gasteiger partial charge in [-0.15, -0.1) is 0 Å². The van der Waals surface area contributed by atoms with Gasteiger partial charge in [-0.2, -0.15) is 10.4 Å². The molecule has 0 spiro atoms. The second-order valence-electron chi connectivity index (χ2n) is 6.25. The molecule has 7 heteroatoms. The van der Waals surface area contributed by atoms with Gasteiger partial charge in [0.1, 0.15) is 35.8 Å². The summed E-state index contributed by atoms with van der Waals surface area (Å²) >= 11 is 0. The van der Waals surface area contributed by atoms with Gasteiger partial charge < -0.3 is 4.98 Å². The van der Waals surface area contributed by atoms with Gasteiger partial charge in [-0.25, -0.2) is 14.1 Å². The Kier molecular flexibility index (Phi) is 4.30. The summed E-state index contributed by atoms with van der Waals surface area (Å²) in [6.07, 6.45) is 5.67. The molecule has 2 aromatic heterocycles. The maximum absolute atomic E-state index is 14.4. The molecule has 4 aromatic rings. The van der Waals surface area contributed by atoms with Crippen LogP contribution in [0.3, 0.4) is 0 Å². The van der Waals surface area contributed by atoms with Gasteiger partial charge >= 0.3 is 0 Å². The highest BCUT2D eigenvalue weighted by atomic mass is 19.1. The highest BCUT2D eigenvalue weighted by Gasteiger charge is 2.18. The molecule has 6 nitrogen and oxygen atoms in total. The largest absolute Gasteiger partial charge is 0.360 e. The van der Waals surface area contributed by atoms with Crippen LogP contribution in [0.25, 0.3) is 22.7 Å². The van der Waals surface area contributed by atoms with Gasteiger partial charge in [0.15, 0.2) is 0 Å². The summed E-state index contributed by atoms with van der Waals surface area (Å²) in [4.78, 5) is 19.8. The van der Waals surface area contributed by atoms with Crippen LogP contribution in [0.15, 0.2) is 60.8 Å². The molecule has 28 heavy (non-hydrogen) atoms. The van der Waals surface area contributed by atoms with Crippen molar-refractivity contribution in [3.8, 4) is 11.8 Å². The second-order valence-corrected chi connectivity index (χ2v) is 6.25. The van der Waals surface area contributed by atoms with E-state index in [9.17, 15) is 14.4 Å². The Morgan fingerprint density at radius 1 is 1.32 bits per heavy atom. The Labute approximate surface area is 159 Å². The van der Waals surface area contributed by atoms with Crippen molar-refractivity contribution >= 4 is 22.8 Å². The third-order valence-corrected chi connectivity index (χ3v) is 4.47. The number of aromatic amines is 1. The molecular formula is C21H14FN5O. The Morgan fingerprint density at radius 2 is 2.18 bits per heavy atom. The maximum Gasteiger partial charge on any atom is 0.205 e. The first-order chi connectivity index (χ1) is 13.6. The average Bonchev–Trinajstić information content (AvgIpc) is 3.36. The Hall–Kier alpha value is -4.05. The minimum absolute atomic E-state index is 0.0722. The highest BCUT2D eigenvalue weighted by molar-refractivity contribution is 6.20. The molecule has 2 aromatic carbocycles. The molecule has 4 rings (SSSR count). The highest BCUT2D eigenvalue weighted by Crippen LogP contribution is 2.25. The minimum Gasteiger partial charge on any atom is -0.360 e. The predicted octanol–water partition coefficient (Wildman–Crippen LogP) is 3.99. The summed E-state index contributed by atoms with van der Waals surface area (Å²) in [5.41, 5.74) is 2.73. The molecule has 0 aliphatic carbocycles. The zero-order chi connectivity index (χ0) is 19.7. The first kappa shape index (κ1) is 17.4. The lowest BCUT2D eigenvalue weighted by Crippen LogP contribution is -2.02. The van der Waals surface area contributed by atoms with Gasteiger partial charge in [0.25, 0.3) is 0 Å². The van der Waals surface area contributed by atoms with E-state index < -0.39 is 11.6 Å². The van der Waals surface area contributed by atoms with Crippen LogP contribution in [0.5, 0.6) is 0 Å². The number of halogens is 1. The first-order valence-electron chi connectivity index (χ1n) is 8.46. The Morgan fingerprint density at radius 3 is 2.89 bits per heavy atom. The standard InChI is InChI=1S/C21H14FN5O/c1-13-3-2-4-18-20(13)16(10-25-18)21(28)15(9-23)7-14-5-6-19(17(22)8-14)27-12-24-11-26-27/h2-8,10-12,25H,1H3. The number of hydrogen-bond acceptors (Lipinski definition) is 4. The van der Waals surface area contributed by atoms with Gasteiger partial charge in [-0.3, -0.25) is 4.79 Å². The van der Waals surface area contributed by atoms with Gasteiger partial charge in [0, 0.05) is 22.7 Å². The SMILES string of the molecule is Cc1cccc2[nH]cc(C(=O)C(C#N)=Cc3ccc(-n4cncn4)c(F)c3)c12. The van der Waals surface area contributed by atoms with Crippen LogP contribution in [0, 0.1) is 24.1 Å². The fraction of sp³-hybridized carbons (Fsp3) is 0.0476. The molecule has 0 aliphatic rings. The second kappa shape index (κ2) is 6.93. The number of carbonyl (C=O) groups is 1. The zero-order valence-corrected chi connectivity index (χ0v) is 14.8. The molecule has 0 atom stereocenters. The zero-order valence-electron chi connectivity index (χ0n) is 14.8. The molecule has 136 valence electrons. The molecule has 0 radical (unpaired) electrons. The van der Waals surface area contributed by atoms with Gasteiger partial charge in [-0.05, 0) is 42.3 Å². The van der Waals surface area contributed by atoms with Crippen LogP contribution < -0.4 is 0 Å². The number of aromatic nitrogens is 4. The number of Topliss-reactive ketones (excluding diaryl/α,β-unsaturated/α-hetero) is 1. The molecule has 0 aliphatic heterocycles. The average molecular weight is 371 g/mol. The van der Waals surface area contributed by atoms with Crippen molar-refractivity contribution in [2.75, 3.05) is 0 Å². The molecule has 0 saturated carbocycles. The summed E-state index contributed by atoms with van der Waals surface area (Å²) in [5.74, 6) is -0.948. The summed E-state index contributed by atoms with van der Waals surface area (Å²) in [6, 6.07) is 12.0. The third-order valence-electron chi connectivity index (χ3n) is 4.47. The maximum atomic E-state index is 14.4. The van der Waals surface area contributed by atoms with Crippen molar-refractivity contribution in [3.63, 3.8) is 0 Å². The number of ketones is 1. The van der Waals surface area contributed by atoms with Crippen LogP contribution in [0.2, 0.25) is 0 Å². The number of hydrogen-bond donors (Lipinski definition) is 1. The quantitative estimate of drug-likeness (QED) is 0.334. The number of fused-ring (bicyclic) bond motifs is 1. The van der Waals surface area contributed by atoms with E-state index in [1.165, 1.54) is 35.5 Å². The number of nitriles is 1. The fourth-order valence-electron chi connectivity index (χ4n) is 3.14. The van der Waals surface area contributed by atoms with Gasteiger partial charge in [0.2, 0.25) is 5.78 Å². The number of H-pyrrole nitrogens is 1. The van der Waals surface area contributed by atoms with E-state index in [0.717, 1.165) is 16.5 Å². The third kappa shape index (κ3) is 2.97. The van der Waals surface area contributed by atoms with Crippen LogP contribution in [0.4, 0.5) is 4.39 Å². The summed E-state index contributed by atoms with van der Waals surface area (Å²) < 4.78 is 15.7. The van der Waals surface area contributed by atoms with Crippen molar-refractivity contribution in [1.82, 2.24) is 19.7 Å². The van der Waals surface area contributed by atoms with Crippen LogP contribution in [0.1, 0.15) is 21.5 Å². The van der Waals surface area contributed by atoms with E-state index >= 15 is 0 Å². The lowest BCUT2D eigenvalue weighted by Gasteiger charge is -2.04. The van der Waals surface area contributed by atoms with Crippen LogP contribution in [-0.2, 0) is 0 Å². The number of aryl methyl sites for hydroxylation is 1. The van der Waals surface area contributed by atoms with E-state index in [0.29, 0.717) is 11.1 Å². The number of carbonyl (C=O) groups excluding carboxylic acids is 1. The Bertz CT molecular complexity index is 1260. The molecule has 2 heterocycles. The monoisotopic (exact) mass is 371 g/mol. The lowest BCUT2D eigenvalue weighted by atomic mass is 9.99. The van der Waals surface area contributed by atoms with Crippen molar-refractivity contribution in [2.24, 2.45) is 0 Å². The summed E-state index contributed by atoms with van der Waals surface area (Å²) in [6.45, 7) is 1.90. The normalized spacial score (nSPS) is 11.5. The molecule has 1 N–H and O–H groups in total. The molecule has 0 fully saturated rings. The van der Waals surface area contributed by atoms with Crippen molar-refractivity contribution < 1.29 is 9.18 Å². The van der Waals surface area contributed by atoms with Crippen molar-refractivity contribution in [3.05, 3.63) is 83.3 Å². The van der Waals surface area contributed by atoms with E-state index in [2.05, 4.69) is 15.1 Å². The number of rotatable bonds is 4. The van der Waals surface area contributed by atoms with E-state index in [1.54, 1.807) is 12.3 Å².